The summed E-state index contributed by atoms with van der Waals surface area (Å²) in [5, 5.41) is 19.3. The second kappa shape index (κ2) is 27.1. The second-order valence-corrected chi connectivity index (χ2v) is 13.2. The average Bonchev–Trinajstić information content (AvgIpc) is 3.20. The monoisotopic (exact) mass is 747 g/mol. The molecule has 2 heterocycles. The molecule has 0 atom stereocenters. The van der Waals surface area contributed by atoms with Crippen molar-refractivity contribution in [1.29, 1.82) is 0 Å². The molecule has 6 N–H and O–H groups in total. The first-order valence-corrected chi connectivity index (χ1v) is 20.2. The quantitative estimate of drug-likeness (QED) is 0.0471. The lowest BCUT2D eigenvalue weighted by molar-refractivity contribution is 0.0941. The van der Waals surface area contributed by atoms with Crippen molar-refractivity contribution in [3.8, 4) is 0 Å². The highest BCUT2D eigenvalue weighted by Gasteiger charge is 2.09. The van der Waals surface area contributed by atoms with Crippen molar-refractivity contribution in [1.82, 2.24) is 40.4 Å². The molecule has 0 fully saturated rings. The third kappa shape index (κ3) is 18.0. The Hall–Kier alpha value is -4.56. The molecule has 0 bridgehead atoms. The number of amides is 2. The van der Waals surface area contributed by atoms with Gasteiger partial charge in [0.15, 0.2) is 0 Å². The molecular formula is C40H66N12O2. The Labute approximate surface area is 323 Å². The lowest BCUT2D eigenvalue weighted by atomic mass is 10.1. The third-order valence-corrected chi connectivity index (χ3v) is 9.32. The molecule has 3 rings (SSSR count). The van der Waals surface area contributed by atoms with Crippen LogP contribution in [0.1, 0.15) is 99.8 Å². The fourth-order valence-corrected chi connectivity index (χ4v) is 5.84. The van der Waals surface area contributed by atoms with Gasteiger partial charge in [-0.1, -0.05) is 53.4 Å². The fraction of sp³-hybridized carbons (Fsp3) is 0.600. The van der Waals surface area contributed by atoms with Gasteiger partial charge in [-0.25, -0.2) is 9.97 Å². The summed E-state index contributed by atoms with van der Waals surface area (Å²) in [6, 6.07) is 10.6. The van der Waals surface area contributed by atoms with Crippen molar-refractivity contribution in [2.75, 3.05) is 99.8 Å². The summed E-state index contributed by atoms with van der Waals surface area (Å²) in [4.78, 5) is 47.7. The van der Waals surface area contributed by atoms with Crippen LogP contribution in [-0.4, -0.2) is 120 Å². The first-order chi connectivity index (χ1) is 26.4. The smallest absolute Gasteiger partial charge is 0.251 e. The molecule has 14 heteroatoms. The van der Waals surface area contributed by atoms with Gasteiger partial charge in [0.25, 0.3) is 11.8 Å². The molecule has 0 saturated carbocycles. The standard InChI is InChI=1S/C40H66N12O2/c1-5-51(6-2)31-29-41-35-21-27-47-39(49-35)45-25-15-11-9-13-23-43-37(53)33-17-19-34(20-18-33)38(54)44-24-14-10-12-16-26-46-40-48-28-22-36(50-40)42-30-32-52(7-3)8-4/h17-22,27-28H,5-16,23-26,29-32H2,1-4H3,(H,43,53)(H,44,54)(H2,41,45,47,49)(H2,42,46,48,50). The minimum atomic E-state index is -0.123. The maximum absolute atomic E-state index is 12.6. The van der Waals surface area contributed by atoms with Gasteiger partial charge in [-0.05, 0) is 88.3 Å². The number of rotatable bonds is 30. The van der Waals surface area contributed by atoms with E-state index in [1.54, 1.807) is 36.7 Å². The lowest BCUT2D eigenvalue weighted by Gasteiger charge is -2.18. The predicted octanol–water partition coefficient (Wildman–Crippen LogP) is 5.58. The van der Waals surface area contributed by atoms with Crippen molar-refractivity contribution in [2.45, 2.75) is 79.1 Å². The number of aromatic nitrogens is 4. The molecule has 54 heavy (non-hydrogen) atoms. The Morgan fingerprint density at radius 2 is 0.852 bits per heavy atom. The van der Waals surface area contributed by atoms with Gasteiger partial charge in [-0.3, -0.25) is 9.59 Å². The van der Waals surface area contributed by atoms with Gasteiger partial charge in [0.05, 0.1) is 0 Å². The van der Waals surface area contributed by atoms with Crippen LogP contribution in [0.25, 0.3) is 0 Å². The van der Waals surface area contributed by atoms with Crippen molar-refractivity contribution in [3.05, 3.63) is 59.9 Å². The Morgan fingerprint density at radius 1 is 0.481 bits per heavy atom. The van der Waals surface area contributed by atoms with Gasteiger partial charge < -0.3 is 41.7 Å². The highest BCUT2D eigenvalue weighted by atomic mass is 16.2. The fourth-order valence-electron chi connectivity index (χ4n) is 5.84. The zero-order valence-corrected chi connectivity index (χ0v) is 33.3. The molecule has 0 aliphatic carbocycles. The Morgan fingerprint density at radius 3 is 1.22 bits per heavy atom. The van der Waals surface area contributed by atoms with Crippen LogP contribution in [0.15, 0.2) is 48.8 Å². The molecule has 0 unspecified atom stereocenters. The number of likely N-dealkylation sites (N-methyl/N-ethyl adjacent to an activating group) is 2. The molecule has 0 spiro atoms. The van der Waals surface area contributed by atoms with Gasteiger partial charge in [0, 0.05) is 75.9 Å². The van der Waals surface area contributed by atoms with E-state index in [-0.39, 0.29) is 11.8 Å². The summed E-state index contributed by atoms with van der Waals surface area (Å²) in [5.41, 5.74) is 1.11. The largest absolute Gasteiger partial charge is 0.369 e. The van der Waals surface area contributed by atoms with Crippen molar-refractivity contribution >= 4 is 35.3 Å². The average molecular weight is 747 g/mol. The van der Waals surface area contributed by atoms with Crippen molar-refractivity contribution in [2.24, 2.45) is 0 Å². The first kappa shape index (κ1) is 43.8. The number of carbonyl (C=O) groups excluding carboxylic acids is 2. The van der Waals surface area contributed by atoms with E-state index in [0.29, 0.717) is 36.1 Å². The van der Waals surface area contributed by atoms with Crippen LogP contribution in [0.3, 0.4) is 0 Å². The Balaban J connectivity index is 1.18. The van der Waals surface area contributed by atoms with Crippen molar-refractivity contribution < 1.29 is 9.59 Å². The molecule has 14 nitrogen and oxygen atoms in total. The molecule has 0 saturated heterocycles. The van der Waals surface area contributed by atoms with E-state index in [4.69, 9.17) is 0 Å². The number of hydrogen-bond donors (Lipinski definition) is 6. The van der Waals surface area contributed by atoms with Crippen molar-refractivity contribution in [3.63, 3.8) is 0 Å². The summed E-state index contributed by atoms with van der Waals surface area (Å²) >= 11 is 0. The number of unbranched alkanes of at least 4 members (excludes halogenated alkanes) is 6. The van der Waals surface area contributed by atoms with Gasteiger partial charge in [0.1, 0.15) is 11.6 Å². The number of carbonyl (C=O) groups is 2. The van der Waals surface area contributed by atoms with Gasteiger partial charge in [0.2, 0.25) is 11.9 Å². The van der Waals surface area contributed by atoms with Crippen LogP contribution in [0.4, 0.5) is 23.5 Å². The van der Waals surface area contributed by atoms with E-state index >= 15 is 0 Å². The van der Waals surface area contributed by atoms with E-state index in [2.05, 4.69) is 89.3 Å². The maximum Gasteiger partial charge on any atom is 0.251 e. The molecule has 2 amide bonds. The topological polar surface area (TPSA) is 164 Å². The summed E-state index contributed by atoms with van der Waals surface area (Å²) in [6.45, 7) is 19.4. The number of hydrogen-bond acceptors (Lipinski definition) is 12. The molecular weight excluding hydrogens is 681 g/mol. The van der Waals surface area contributed by atoms with Crippen LogP contribution < -0.4 is 31.9 Å². The first-order valence-electron chi connectivity index (χ1n) is 20.2. The molecule has 298 valence electrons. The van der Waals surface area contributed by atoms with Crippen LogP contribution in [0.2, 0.25) is 0 Å². The number of nitrogens with zero attached hydrogens (tertiary/aromatic N) is 6. The Kier molecular flexibility index (Phi) is 22.0. The number of nitrogens with one attached hydrogen (secondary N) is 6. The zero-order valence-electron chi connectivity index (χ0n) is 33.3. The zero-order chi connectivity index (χ0) is 38.6. The molecule has 2 aromatic heterocycles. The molecule has 0 aliphatic heterocycles. The highest BCUT2D eigenvalue weighted by Crippen LogP contribution is 2.09. The molecule has 1 aromatic carbocycles. The second-order valence-electron chi connectivity index (χ2n) is 13.2. The maximum atomic E-state index is 12.6. The minimum Gasteiger partial charge on any atom is -0.369 e. The third-order valence-electron chi connectivity index (χ3n) is 9.32. The number of benzene rings is 1. The van der Waals surface area contributed by atoms with E-state index in [1.807, 2.05) is 12.1 Å². The van der Waals surface area contributed by atoms with E-state index < -0.39 is 0 Å². The highest BCUT2D eigenvalue weighted by molar-refractivity contribution is 5.97. The normalized spacial score (nSPS) is 11.1. The van der Waals surface area contributed by atoms with Crippen LogP contribution >= 0.6 is 0 Å². The van der Waals surface area contributed by atoms with Gasteiger partial charge >= 0.3 is 0 Å². The lowest BCUT2D eigenvalue weighted by Crippen LogP contribution is -2.28. The van der Waals surface area contributed by atoms with Gasteiger partial charge in [-0.15, -0.1) is 0 Å². The number of anilines is 4. The van der Waals surface area contributed by atoms with E-state index in [9.17, 15) is 9.59 Å². The van der Waals surface area contributed by atoms with E-state index in [1.165, 1.54) is 0 Å². The Bertz CT molecular complexity index is 1340. The summed E-state index contributed by atoms with van der Waals surface area (Å²) in [7, 11) is 0. The summed E-state index contributed by atoms with van der Waals surface area (Å²) in [6.07, 6.45) is 11.5. The van der Waals surface area contributed by atoms with Crippen LogP contribution in [0.5, 0.6) is 0 Å². The summed E-state index contributed by atoms with van der Waals surface area (Å²) in [5.74, 6) is 2.69. The summed E-state index contributed by atoms with van der Waals surface area (Å²) < 4.78 is 0. The molecule has 3 aromatic rings. The van der Waals surface area contributed by atoms with Crippen LogP contribution in [0, 0.1) is 0 Å². The predicted molar refractivity (Wildman–Crippen MR) is 222 cm³/mol. The van der Waals surface area contributed by atoms with Gasteiger partial charge in [-0.2, -0.15) is 9.97 Å². The van der Waals surface area contributed by atoms with E-state index in [0.717, 1.165) is 128 Å². The van der Waals surface area contributed by atoms with Crippen LogP contribution in [-0.2, 0) is 0 Å². The minimum absolute atomic E-state index is 0.123. The molecule has 0 aliphatic rings. The SMILES string of the molecule is CCN(CC)CCNc1ccnc(NCCCCCCNC(=O)c2ccc(C(=O)NCCCCCCNc3nccc(NCCN(CC)CC)n3)cc2)n1. The molecule has 0 radical (unpaired) electrons.